The number of halogens is 1. The molecule has 1 aromatic carbocycles. The number of carbonyl (C=O) groups is 2. The molecule has 0 unspecified atom stereocenters. The molecule has 0 amide bonds. The maximum atomic E-state index is 13.4. The summed E-state index contributed by atoms with van der Waals surface area (Å²) in [7, 11) is 0. The molecule has 1 aromatic rings. The lowest BCUT2D eigenvalue weighted by atomic mass is 9.73. The van der Waals surface area contributed by atoms with Crippen molar-refractivity contribution in [3.05, 3.63) is 35.6 Å². The van der Waals surface area contributed by atoms with E-state index in [1.54, 1.807) is 26.0 Å². The maximum Gasteiger partial charge on any atom is 0.324 e. The van der Waals surface area contributed by atoms with Gasteiger partial charge in [0.2, 0.25) is 0 Å². The summed E-state index contributed by atoms with van der Waals surface area (Å²) in [5.74, 6) is -2.55. The van der Waals surface area contributed by atoms with Crippen molar-refractivity contribution >= 4 is 17.7 Å². The third kappa shape index (κ3) is 2.77. The number of fused-ring (bicyclic) bond motifs is 1. The molecule has 1 saturated carbocycles. The van der Waals surface area contributed by atoms with E-state index in [0.717, 1.165) is 0 Å². The Kier molecular flexibility index (Phi) is 4.74. The smallest absolute Gasteiger partial charge is 0.324 e. The van der Waals surface area contributed by atoms with E-state index < -0.39 is 29.1 Å². The highest BCUT2D eigenvalue weighted by Crippen LogP contribution is 2.53. The largest absolute Gasteiger partial charge is 0.465 e. The van der Waals surface area contributed by atoms with E-state index in [9.17, 15) is 14.0 Å². The van der Waals surface area contributed by atoms with Crippen LogP contribution in [-0.2, 0) is 23.9 Å². The van der Waals surface area contributed by atoms with E-state index in [1.165, 1.54) is 12.1 Å². The fourth-order valence-corrected chi connectivity index (χ4v) is 3.69. The van der Waals surface area contributed by atoms with Gasteiger partial charge in [-0.1, -0.05) is 17.3 Å². The summed E-state index contributed by atoms with van der Waals surface area (Å²) in [6.07, 6.45) is 0.200. The van der Waals surface area contributed by atoms with Gasteiger partial charge in [0.15, 0.2) is 5.41 Å². The molecule has 2 aliphatic rings. The van der Waals surface area contributed by atoms with Crippen LogP contribution >= 0.6 is 0 Å². The molecule has 1 aliphatic heterocycles. The van der Waals surface area contributed by atoms with Crippen molar-refractivity contribution in [1.82, 2.24) is 0 Å². The van der Waals surface area contributed by atoms with Gasteiger partial charge in [0, 0.05) is 5.92 Å². The number of hydrogen-bond acceptors (Lipinski definition) is 6. The minimum absolute atomic E-state index is 0.143. The molecular formula is C18H20FNO5. The Morgan fingerprint density at radius 2 is 1.80 bits per heavy atom. The highest BCUT2D eigenvalue weighted by molar-refractivity contribution is 6.12. The number of esters is 2. The quantitative estimate of drug-likeness (QED) is 0.603. The first-order valence-electron chi connectivity index (χ1n) is 8.34. The van der Waals surface area contributed by atoms with Gasteiger partial charge in [-0.25, -0.2) is 4.39 Å². The minimum Gasteiger partial charge on any atom is -0.465 e. The summed E-state index contributed by atoms with van der Waals surface area (Å²) < 4.78 is 23.8. The van der Waals surface area contributed by atoms with Gasteiger partial charge in [0.1, 0.15) is 12.4 Å². The number of oxime groups is 1. The van der Waals surface area contributed by atoms with E-state index in [4.69, 9.17) is 14.3 Å². The topological polar surface area (TPSA) is 74.2 Å². The van der Waals surface area contributed by atoms with E-state index in [1.807, 2.05) is 0 Å². The second kappa shape index (κ2) is 6.82. The molecule has 1 heterocycles. The molecule has 0 aromatic heterocycles. The average Bonchev–Trinajstić information content (AvgIpc) is 3.15. The number of hydrogen-bond donors (Lipinski definition) is 0. The Hall–Kier alpha value is -2.44. The van der Waals surface area contributed by atoms with Crippen molar-refractivity contribution in [3.8, 4) is 0 Å². The third-order valence-corrected chi connectivity index (χ3v) is 4.70. The van der Waals surface area contributed by atoms with Crippen LogP contribution in [0.3, 0.4) is 0 Å². The summed E-state index contributed by atoms with van der Waals surface area (Å²) in [6, 6.07) is 5.69. The fourth-order valence-electron chi connectivity index (χ4n) is 3.69. The number of nitrogens with zero attached hydrogens (tertiary/aromatic N) is 1. The molecule has 0 N–H and O–H groups in total. The van der Waals surface area contributed by atoms with E-state index in [-0.39, 0.29) is 25.6 Å². The van der Waals surface area contributed by atoms with Gasteiger partial charge in [-0.2, -0.15) is 0 Å². The molecule has 6 nitrogen and oxygen atoms in total. The standard InChI is InChI=1S/C18H20FNO5/c1-3-23-16(21)18(17(22)24-4-2)9-12-10-25-20-15(12)14(18)11-5-7-13(19)8-6-11/h5-8,12,14H,3-4,9-10H2,1-2H3/t12-,14+/m1/s1. The van der Waals surface area contributed by atoms with Crippen molar-refractivity contribution in [2.45, 2.75) is 26.2 Å². The zero-order valence-corrected chi connectivity index (χ0v) is 14.2. The second-order valence-corrected chi connectivity index (χ2v) is 6.11. The molecule has 0 bridgehead atoms. The molecule has 1 aliphatic carbocycles. The van der Waals surface area contributed by atoms with Gasteiger partial charge in [-0.15, -0.1) is 0 Å². The predicted molar refractivity (Wildman–Crippen MR) is 86.3 cm³/mol. The van der Waals surface area contributed by atoms with E-state index in [0.29, 0.717) is 17.9 Å². The van der Waals surface area contributed by atoms with Crippen molar-refractivity contribution < 1.29 is 28.3 Å². The molecule has 7 heteroatoms. The van der Waals surface area contributed by atoms with Crippen LogP contribution in [0.15, 0.2) is 29.4 Å². The summed E-state index contributed by atoms with van der Waals surface area (Å²) in [6.45, 7) is 3.95. The molecule has 3 rings (SSSR count). The molecule has 2 atom stereocenters. The van der Waals surface area contributed by atoms with Gasteiger partial charge < -0.3 is 14.3 Å². The number of ether oxygens (including phenoxy) is 2. The molecular weight excluding hydrogens is 329 g/mol. The van der Waals surface area contributed by atoms with Crippen LogP contribution in [0.2, 0.25) is 0 Å². The molecule has 0 radical (unpaired) electrons. The zero-order valence-electron chi connectivity index (χ0n) is 14.2. The van der Waals surface area contributed by atoms with Crippen LogP contribution in [-0.4, -0.2) is 37.5 Å². The van der Waals surface area contributed by atoms with Gasteiger partial charge >= 0.3 is 11.9 Å². The fraction of sp³-hybridized carbons (Fsp3) is 0.500. The van der Waals surface area contributed by atoms with Crippen molar-refractivity contribution in [3.63, 3.8) is 0 Å². The average molecular weight is 349 g/mol. The van der Waals surface area contributed by atoms with Gasteiger partial charge in [-0.3, -0.25) is 9.59 Å². The minimum atomic E-state index is -1.53. The number of carbonyl (C=O) groups excluding carboxylic acids is 2. The number of rotatable bonds is 5. The summed E-state index contributed by atoms with van der Waals surface area (Å²) in [5, 5.41) is 4.07. The Balaban J connectivity index is 2.14. The lowest BCUT2D eigenvalue weighted by Crippen LogP contribution is -2.45. The Morgan fingerprint density at radius 3 is 2.36 bits per heavy atom. The lowest BCUT2D eigenvalue weighted by molar-refractivity contribution is -0.173. The highest BCUT2D eigenvalue weighted by Gasteiger charge is 2.65. The Bertz CT molecular complexity index is 682. The summed E-state index contributed by atoms with van der Waals surface area (Å²) >= 11 is 0. The van der Waals surface area contributed by atoms with Crippen LogP contribution in [0.1, 0.15) is 31.7 Å². The summed E-state index contributed by atoms with van der Waals surface area (Å²) in [5.41, 5.74) is -0.320. The lowest BCUT2D eigenvalue weighted by Gasteiger charge is -2.31. The zero-order chi connectivity index (χ0) is 18.0. The third-order valence-electron chi connectivity index (χ3n) is 4.70. The van der Waals surface area contributed by atoms with Crippen molar-refractivity contribution in [2.75, 3.05) is 19.8 Å². The maximum absolute atomic E-state index is 13.4. The molecule has 134 valence electrons. The highest BCUT2D eigenvalue weighted by atomic mass is 19.1. The van der Waals surface area contributed by atoms with Crippen LogP contribution in [0.5, 0.6) is 0 Å². The first-order chi connectivity index (χ1) is 12.0. The van der Waals surface area contributed by atoms with E-state index in [2.05, 4.69) is 5.16 Å². The molecule has 0 saturated heterocycles. The van der Waals surface area contributed by atoms with Crippen LogP contribution in [0.4, 0.5) is 4.39 Å². The number of benzene rings is 1. The monoisotopic (exact) mass is 349 g/mol. The van der Waals surface area contributed by atoms with Crippen molar-refractivity contribution in [1.29, 1.82) is 0 Å². The second-order valence-electron chi connectivity index (χ2n) is 6.11. The van der Waals surface area contributed by atoms with Crippen LogP contribution in [0.25, 0.3) is 0 Å². The Labute approximate surface area is 144 Å². The molecule has 25 heavy (non-hydrogen) atoms. The SMILES string of the molecule is CCOC(=O)C1(C(=O)OCC)C[C@@H]2CON=C2[C@@H]1c1ccc(F)cc1. The van der Waals surface area contributed by atoms with Crippen molar-refractivity contribution in [2.24, 2.45) is 16.5 Å². The van der Waals surface area contributed by atoms with Gasteiger partial charge in [-0.05, 0) is 38.0 Å². The predicted octanol–water partition coefficient (Wildman–Crippen LogP) is 2.43. The summed E-state index contributed by atoms with van der Waals surface area (Å²) in [4.78, 5) is 30.9. The molecule has 1 fully saturated rings. The molecule has 0 spiro atoms. The van der Waals surface area contributed by atoms with E-state index >= 15 is 0 Å². The first kappa shape index (κ1) is 17.4. The normalized spacial score (nSPS) is 23.4. The van der Waals surface area contributed by atoms with Gasteiger partial charge in [0.05, 0.1) is 24.8 Å². The van der Waals surface area contributed by atoms with Crippen LogP contribution < -0.4 is 0 Å². The first-order valence-corrected chi connectivity index (χ1v) is 8.34. The van der Waals surface area contributed by atoms with Gasteiger partial charge in [0.25, 0.3) is 0 Å². The Morgan fingerprint density at radius 1 is 1.20 bits per heavy atom. The van der Waals surface area contributed by atoms with Crippen LogP contribution in [0, 0.1) is 17.2 Å².